The first-order valence-electron chi connectivity index (χ1n) is 7.80. The third-order valence-electron chi connectivity index (χ3n) is 4.85. The lowest BCUT2D eigenvalue weighted by molar-refractivity contribution is -0.142. The van der Waals surface area contributed by atoms with Crippen LogP contribution < -0.4 is 0 Å². The van der Waals surface area contributed by atoms with Gasteiger partial charge in [0.2, 0.25) is 0 Å². The summed E-state index contributed by atoms with van der Waals surface area (Å²) >= 11 is 0. The molecule has 2 heteroatoms. The van der Waals surface area contributed by atoms with Crippen LogP contribution in [0.1, 0.15) is 29.9 Å². The van der Waals surface area contributed by atoms with E-state index in [0.29, 0.717) is 0 Å². The Kier molecular flexibility index (Phi) is 3.11. The summed E-state index contributed by atoms with van der Waals surface area (Å²) in [6.45, 7) is 0. The van der Waals surface area contributed by atoms with Crippen LogP contribution in [-0.2, 0) is 16.0 Å². The van der Waals surface area contributed by atoms with Gasteiger partial charge in [-0.3, -0.25) is 4.79 Å². The number of hydrogen-bond acceptors (Lipinski definition) is 2. The van der Waals surface area contributed by atoms with Crippen LogP contribution in [0.5, 0.6) is 0 Å². The normalized spacial score (nSPS) is 17.4. The number of carbonyl (C=O) groups excluding carboxylic acids is 1. The van der Waals surface area contributed by atoms with Gasteiger partial charge in [-0.25, -0.2) is 0 Å². The summed E-state index contributed by atoms with van der Waals surface area (Å²) in [5.74, 6) is -0.217. The first kappa shape index (κ1) is 13.3. The molecule has 110 valence electrons. The minimum atomic E-state index is -0.110. The minimum Gasteiger partial charge on any atom is -0.469 e. The predicted octanol–water partition coefficient (Wildman–Crippen LogP) is 4.59. The van der Waals surface area contributed by atoms with Gasteiger partial charge in [0.15, 0.2) is 0 Å². The molecule has 0 saturated heterocycles. The maximum Gasteiger partial charge on any atom is 0.313 e. The van der Waals surface area contributed by atoms with Gasteiger partial charge >= 0.3 is 5.97 Å². The zero-order valence-electron chi connectivity index (χ0n) is 12.6. The fourth-order valence-corrected chi connectivity index (χ4v) is 3.80. The zero-order valence-corrected chi connectivity index (χ0v) is 12.6. The molecule has 1 atom stereocenters. The number of carbonyl (C=O) groups is 1. The molecule has 3 aromatic carbocycles. The lowest BCUT2D eigenvalue weighted by Crippen LogP contribution is -2.19. The van der Waals surface area contributed by atoms with Gasteiger partial charge in [-0.2, -0.15) is 0 Å². The Morgan fingerprint density at radius 3 is 2.68 bits per heavy atom. The third-order valence-corrected chi connectivity index (χ3v) is 4.85. The molecule has 0 fully saturated rings. The Morgan fingerprint density at radius 1 is 1.00 bits per heavy atom. The molecule has 1 aliphatic rings. The van der Waals surface area contributed by atoms with Crippen molar-refractivity contribution in [2.45, 2.75) is 25.2 Å². The van der Waals surface area contributed by atoms with Crippen molar-refractivity contribution in [1.82, 2.24) is 0 Å². The second-order valence-corrected chi connectivity index (χ2v) is 5.98. The Hall–Kier alpha value is -2.35. The van der Waals surface area contributed by atoms with Crippen molar-refractivity contribution in [1.29, 1.82) is 0 Å². The zero-order chi connectivity index (χ0) is 15.1. The summed E-state index contributed by atoms with van der Waals surface area (Å²) in [6, 6.07) is 17.1. The standard InChI is InChI=1S/C20H18O2/c1-22-20(21)19-8-4-7-15-17-10-9-13-5-2-3-6-14(13)16(17)11-12-18(15)19/h2-3,5-6,9-12,19H,4,7-8H2,1H3. The maximum absolute atomic E-state index is 12.1. The molecule has 1 aliphatic carbocycles. The Balaban J connectivity index is 2.00. The Labute approximate surface area is 129 Å². The van der Waals surface area contributed by atoms with Crippen LogP contribution in [0.3, 0.4) is 0 Å². The van der Waals surface area contributed by atoms with Crippen LogP contribution in [0, 0.1) is 0 Å². The van der Waals surface area contributed by atoms with Crippen molar-refractivity contribution in [2.75, 3.05) is 7.11 Å². The van der Waals surface area contributed by atoms with Gasteiger partial charge in [-0.05, 0) is 51.9 Å². The number of ether oxygens (including phenoxy) is 1. The van der Waals surface area contributed by atoms with Crippen LogP contribution in [0.25, 0.3) is 21.5 Å². The average molecular weight is 290 g/mol. The average Bonchev–Trinajstić information content (AvgIpc) is 2.59. The van der Waals surface area contributed by atoms with Crippen molar-refractivity contribution in [3.63, 3.8) is 0 Å². The van der Waals surface area contributed by atoms with Gasteiger partial charge in [0, 0.05) is 0 Å². The van der Waals surface area contributed by atoms with Gasteiger partial charge in [0.1, 0.15) is 0 Å². The van der Waals surface area contributed by atoms with E-state index in [4.69, 9.17) is 4.74 Å². The maximum atomic E-state index is 12.1. The first-order valence-corrected chi connectivity index (χ1v) is 7.80. The SMILES string of the molecule is COC(=O)C1CCCc2c1ccc1c2ccc2ccccc21. The quantitative estimate of drug-likeness (QED) is 0.484. The van der Waals surface area contributed by atoms with Crippen LogP contribution in [0.4, 0.5) is 0 Å². The highest BCUT2D eigenvalue weighted by Gasteiger charge is 2.28. The second-order valence-electron chi connectivity index (χ2n) is 5.98. The molecule has 0 aromatic heterocycles. The van der Waals surface area contributed by atoms with Crippen LogP contribution in [0.15, 0.2) is 48.5 Å². The van der Waals surface area contributed by atoms with Crippen LogP contribution in [0.2, 0.25) is 0 Å². The number of fused-ring (bicyclic) bond motifs is 5. The van der Waals surface area contributed by atoms with Crippen molar-refractivity contribution in [3.05, 3.63) is 59.7 Å². The summed E-state index contributed by atoms with van der Waals surface area (Å²) in [4.78, 5) is 12.1. The van der Waals surface area contributed by atoms with E-state index in [1.165, 1.54) is 34.2 Å². The Morgan fingerprint density at radius 2 is 1.82 bits per heavy atom. The summed E-state index contributed by atoms with van der Waals surface area (Å²) < 4.78 is 4.99. The first-order chi connectivity index (χ1) is 10.8. The van der Waals surface area contributed by atoms with Gasteiger partial charge in [-0.15, -0.1) is 0 Å². The van der Waals surface area contributed by atoms with E-state index in [1.54, 1.807) is 0 Å². The van der Waals surface area contributed by atoms with Crippen molar-refractivity contribution in [3.8, 4) is 0 Å². The smallest absolute Gasteiger partial charge is 0.313 e. The molecule has 0 saturated carbocycles. The largest absolute Gasteiger partial charge is 0.469 e. The van der Waals surface area contributed by atoms with E-state index < -0.39 is 0 Å². The van der Waals surface area contributed by atoms with E-state index in [2.05, 4.69) is 48.5 Å². The van der Waals surface area contributed by atoms with Crippen molar-refractivity contribution >= 4 is 27.5 Å². The summed E-state index contributed by atoms with van der Waals surface area (Å²) in [5, 5.41) is 5.10. The molecule has 0 amide bonds. The van der Waals surface area contributed by atoms with E-state index in [0.717, 1.165) is 24.8 Å². The molecule has 0 N–H and O–H groups in total. The number of rotatable bonds is 1. The minimum absolute atomic E-state index is 0.107. The molecule has 3 aromatic rings. The van der Waals surface area contributed by atoms with Gasteiger partial charge < -0.3 is 4.74 Å². The molecule has 0 radical (unpaired) electrons. The fraction of sp³-hybridized carbons (Fsp3) is 0.250. The highest BCUT2D eigenvalue weighted by Crippen LogP contribution is 2.38. The highest BCUT2D eigenvalue weighted by atomic mass is 16.5. The molecule has 0 heterocycles. The van der Waals surface area contributed by atoms with E-state index in [-0.39, 0.29) is 11.9 Å². The number of benzene rings is 3. The number of aryl methyl sites for hydroxylation is 1. The Bertz CT molecular complexity index is 879. The van der Waals surface area contributed by atoms with Gasteiger partial charge in [-0.1, -0.05) is 48.5 Å². The molecular formula is C20H18O2. The monoisotopic (exact) mass is 290 g/mol. The van der Waals surface area contributed by atoms with Crippen molar-refractivity contribution in [2.24, 2.45) is 0 Å². The number of methoxy groups -OCH3 is 1. The lowest BCUT2D eigenvalue weighted by atomic mass is 9.80. The lowest BCUT2D eigenvalue weighted by Gasteiger charge is -2.25. The molecule has 0 spiro atoms. The van der Waals surface area contributed by atoms with Crippen LogP contribution in [-0.4, -0.2) is 13.1 Å². The van der Waals surface area contributed by atoms with Crippen molar-refractivity contribution < 1.29 is 9.53 Å². The molecule has 2 nitrogen and oxygen atoms in total. The molecule has 1 unspecified atom stereocenters. The molecule has 4 rings (SSSR count). The molecule has 22 heavy (non-hydrogen) atoms. The molecular weight excluding hydrogens is 272 g/mol. The fourth-order valence-electron chi connectivity index (χ4n) is 3.80. The predicted molar refractivity (Wildman–Crippen MR) is 89.1 cm³/mol. The summed E-state index contributed by atoms with van der Waals surface area (Å²) in [7, 11) is 1.48. The van der Waals surface area contributed by atoms with E-state index in [1.807, 2.05) is 0 Å². The number of hydrogen-bond donors (Lipinski definition) is 0. The second kappa shape index (κ2) is 5.13. The molecule has 0 bridgehead atoms. The molecule has 0 aliphatic heterocycles. The van der Waals surface area contributed by atoms with Crippen LogP contribution >= 0.6 is 0 Å². The summed E-state index contributed by atoms with van der Waals surface area (Å²) in [6.07, 6.45) is 2.97. The highest BCUT2D eigenvalue weighted by molar-refractivity contribution is 6.09. The van der Waals surface area contributed by atoms with Gasteiger partial charge in [0.05, 0.1) is 13.0 Å². The van der Waals surface area contributed by atoms with E-state index in [9.17, 15) is 4.79 Å². The van der Waals surface area contributed by atoms with E-state index >= 15 is 0 Å². The topological polar surface area (TPSA) is 26.3 Å². The third kappa shape index (κ3) is 1.91. The van der Waals surface area contributed by atoms with Gasteiger partial charge in [0.25, 0.3) is 0 Å². The number of esters is 1. The summed E-state index contributed by atoms with van der Waals surface area (Å²) in [5.41, 5.74) is 2.48.